The topological polar surface area (TPSA) is 9.23 Å². The Kier molecular flexibility index (Phi) is 6.08. The quantitative estimate of drug-likeness (QED) is 0.486. The highest BCUT2D eigenvalue weighted by molar-refractivity contribution is 9.08. The van der Waals surface area contributed by atoms with Gasteiger partial charge in [0.25, 0.3) is 0 Å². The van der Waals surface area contributed by atoms with E-state index in [9.17, 15) is 13.2 Å². The molecule has 0 bridgehead atoms. The molecule has 0 fully saturated rings. The van der Waals surface area contributed by atoms with Crippen LogP contribution in [0.1, 0.15) is 18.4 Å². The van der Waals surface area contributed by atoms with Crippen molar-refractivity contribution in [2.75, 3.05) is 6.61 Å². The van der Waals surface area contributed by atoms with E-state index in [0.29, 0.717) is 26.7 Å². The van der Waals surface area contributed by atoms with Gasteiger partial charge in [-0.15, -0.1) is 0 Å². The summed E-state index contributed by atoms with van der Waals surface area (Å²) in [5.74, 6) is 0.375. The summed E-state index contributed by atoms with van der Waals surface area (Å²) in [4.78, 5) is 0. The molecule has 0 unspecified atom stereocenters. The third-order valence-electron chi connectivity index (χ3n) is 2.08. The Morgan fingerprint density at radius 1 is 1.22 bits per heavy atom. The van der Waals surface area contributed by atoms with Gasteiger partial charge in [-0.1, -0.05) is 39.1 Å². The predicted octanol–water partition coefficient (Wildman–Crippen LogP) is 5.61. The SMILES string of the molecule is FC(F)(F)CCCOc1c(Cl)cc(Cl)cc1CBr. The van der Waals surface area contributed by atoms with Crippen LogP contribution < -0.4 is 4.74 Å². The zero-order valence-corrected chi connectivity index (χ0v) is 12.3. The summed E-state index contributed by atoms with van der Waals surface area (Å²) < 4.78 is 41.1. The standard InChI is InChI=1S/C11H10BrCl2F3O/c12-6-7-4-8(13)5-9(14)10(7)18-3-1-2-11(15,16)17/h4-5H,1-3,6H2. The number of rotatable bonds is 5. The van der Waals surface area contributed by atoms with Gasteiger partial charge in [-0.25, -0.2) is 0 Å². The van der Waals surface area contributed by atoms with Crippen LogP contribution in [0, 0.1) is 0 Å². The van der Waals surface area contributed by atoms with Crippen molar-refractivity contribution in [3.8, 4) is 5.75 Å². The minimum atomic E-state index is -4.16. The molecule has 0 saturated heterocycles. The van der Waals surface area contributed by atoms with Crippen LogP contribution in [0.4, 0.5) is 13.2 Å². The molecule has 18 heavy (non-hydrogen) atoms. The monoisotopic (exact) mass is 364 g/mol. The first kappa shape index (κ1) is 15.9. The number of alkyl halides is 4. The first-order chi connectivity index (χ1) is 8.33. The number of benzene rings is 1. The molecule has 0 aliphatic carbocycles. The highest BCUT2D eigenvalue weighted by atomic mass is 79.9. The van der Waals surface area contributed by atoms with E-state index in [1.807, 2.05) is 0 Å². The van der Waals surface area contributed by atoms with E-state index < -0.39 is 12.6 Å². The van der Waals surface area contributed by atoms with Crippen LogP contribution in [0.2, 0.25) is 10.0 Å². The van der Waals surface area contributed by atoms with Crippen LogP contribution in [-0.4, -0.2) is 12.8 Å². The van der Waals surface area contributed by atoms with Gasteiger partial charge in [0.15, 0.2) is 0 Å². The molecule has 7 heteroatoms. The Hall–Kier alpha value is -0.130. The van der Waals surface area contributed by atoms with E-state index in [1.54, 1.807) is 6.07 Å². The first-order valence-electron chi connectivity index (χ1n) is 5.07. The van der Waals surface area contributed by atoms with Crippen molar-refractivity contribution in [1.29, 1.82) is 0 Å². The number of hydrogen-bond donors (Lipinski definition) is 0. The molecule has 0 aliphatic heterocycles. The highest BCUT2D eigenvalue weighted by Gasteiger charge is 2.26. The maximum Gasteiger partial charge on any atom is 0.389 e. The molecule has 1 rings (SSSR count). The molecular formula is C11H10BrCl2F3O. The largest absolute Gasteiger partial charge is 0.492 e. The molecule has 0 spiro atoms. The molecule has 0 atom stereocenters. The Morgan fingerprint density at radius 2 is 1.89 bits per heavy atom. The normalized spacial score (nSPS) is 11.7. The Labute approximate surface area is 121 Å². The molecule has 0 radical (unpaired) electrons. The smallest absolute Gasteiger partial charge is 0.389 e. The lowest BCUT2D eigenvalue weighted by atomic mass is 10.2. The summed E-state index contributed by atoms with van der Waals surface area (Å²) in [5, 5.41) is 1.21. The van der Waals surface area contributed by atoms with Crippen LogP contribution in [0.15, 0.2) is 12.1 Å². The molecule has 0 saturated carbocycles. The fourth-order valence-electron chi connectivity index (χ4n) is 1.32. The van der Waals surface area contributed by atoms with Crippen molar-refractivity contribution in [3.05, 3.63) is 27.7 Å². The number of halogens is 6. The third-order valence-corrected chi connectivity index (χ3v) is 3.18. The molecule has 1 aromatic rings. The predicted molar refractivity (Wildman–Crippen MR) is 69.9 cm³/mol. The van der Waals surface area contributed by atoms with Crippen molar-refractivity contribution in [1.82, 2.24) is 0 Å². The van der Waals surface area contributed by atoms with Gasteiger partial charge < -0.3 is 4.74 Å². The summed E-state index contributed by atoms with van der Waals surface area (Å²) >= 11 is 15.0. The zero-order chi connectivity index (χ0) is 13.8. The minimum absolute atomic E-state index is 0.0408. The lowest BCUT2D eigenvalue weighted by molar-refractivity contribution is -0.136. The van der Waals surface area contributed by atoms with Crippen LogP contribution >= 0.6 is 39.1 Å². The minimum Gasteiger partial charge on any atom is -0.492 e. The summed E-state index contributed by atoms with van der Waals surface area (Å²) in [6.07, 6.45) is -5.14. The Balaban J connectivity index is 2.62. The van der Waals surface area contributed by atoms with Crippen LogP contribution in [0.5, 0.6) is 5.75 Å². The van der Waals surface area contributed by atoms with Gasteiger partial charge >= 0.3 is 6.18 Å². The van der Waals surface area contributed by atoms with Crippen molar-refractivity contribution in [2.45, 2.75) is 24.3 Å². The maximum absolute atomic E-state index is 12.0. The zero-order valence-electron chi connectivity index (χ0n) is 9.16. The maximum atomic E-state index is 12.0. The van der Waals surface area contributed by atoms with E-state index in [1.165, 1.54) is 6.07 Å². The Bertz CT molecular complexity index is 410. The van der Waals surface area contributed by atoms with Crippen LogP contribution in [0.25, 0.3) is 0 Å². The average molecular weight is 366 g/mol. The molecule has 0 heterocycles. The van der Waals surface area contributed by atoms with Gasteiger partial charge in [-0.05, 0) is 18.6 Å². The second-order valence-corrected chi connectivity index (χ2v) is 4.98. The molecule has 0 aliphatic rings. The summed E-state index contributed by atoms with van der Waals surface area (Å²) in [6.45, 7) is -0.0408. The van der Waals surface area contributed by atoms with Crippen LogP contribution in [-0.2, 0) is 5.33 Å². The van der Waals surface area contributed by atoms with Crippen LogP contribution in [0.3, 0.4) is 0 Å². The van der Waals surface area contributed by atoms with Crippen molar-refractivity contribution < 1.29 is 17.9 Å². The molecule has 0 aromatic heterocycles. The fourth-order valence-corrected chi connectivity index (χ4v) is 2.33. The van der Waals surface area contributed by atoms with Gasteiger partial charge in [-0.2, -0.15) is 13.2 Å². The van der Waals surface area contributed by atoms with E-state index in [0.717, 1.165) is 0 Å². The first-order valence-corrected chi connectivity index (χ1v) is 6.94. The lowest BCUT2D eigenvalue weighted by Gasteiger charge is -2.13. The molecule has 1 nitrogen and oxygen atoms in total. The second-order valence-electron chi connectivity index (χ2n) is 3.58. The summed E-state index contributed by atoms with van der Waals surface area (Å²) in [6, 6.07) is 3.15. The highest BCUT2D eigenvalue weighted by Crippen LogP contribution is 2.34. The van der Waals surface area contributed by atoms with Gasteiger partial charge in [0.2, 0.25) is 0 Å². The van der Waals surface area contributed by atoms with Gasteiger partial charge in [0.05, 0.1) is 11.6 Å². The lowest BCUT2D eigenvalue weighted by Crippen LogP contribution is -2.10. The van der Waals surface area contributed by atoms with E-state index >= 15 is 0 Å². The third kappa shape index (κ3) is 5.24. The fraction of sp³-hybridized carbons (Fsp3) is 0.455. The summed E-state index contributed by atoms with van der Waals surface area (Å²) in [5.41, 5.74) is 0.708. The average Bonchev–Trinajstić information content (AvgIpc) is 2.24. The van der Waals surface area contributed by atoms with Gasteiger partial charge in [0.1, 0.15) is 5.75 Å². The molecule has 1 aromatic carbocycles. The van der Waals surface area contributed by atoms with Gasteiger partial charge in [0, 0.05) is 22.3 Å². The van der Waals surface area contributed by atoms with E-state index in [2.05, 4.69) is 15.9 Å². The van der Waals surface area contributed by atoms with Crippen molar-refractivity contribution in [2.24, 2.45) is 0 Å². The van der Waals surface area contributed by atoms with E-state index in [4.69, 9.17) is 27.9 Å². The summed E-state index contributed by atoms with van der Waals surface area (Å²) in [7, 11) is 0. The second kappa shape index (κ2) is 6.87. The van der Waals surface area contributed by atoms with Crippen molar-refractivity contribution >= 4 is 39.1 Å². The van der Waals surface area contributed by atoms with E-state index in [-0.39, 0.29) is 13.0 Å². The van der Waals surface area contributed by atoms with Crippen molar-refractivity contribution in [3.63, 3.8) is 0 Å². The molecule has 0 amide bonds. The number of ether oxygens (including phenoxy) is 1. The van der Waals surface area contributed by atoms with Gasteiger partial charge in [-0.3, -0.25) is 0 Å². The number of hydrogen-bond acceptors (Lipinski definition) is 1. The molecule has 0 N–H and O–H groups in total. The molecule has 102 valence electrons. The Morgan fingerprint density at radius 3 is 2.44 bits per heavy atom. The molecular weight excluding hydrogens is 356 g/mol.